The molecule has 1 aliphatic heterocycles. The minimum atomic E-state index is -4.07. The Kier molecular flexibility index (Phi) is 5.31. The van der Waals surface area contributed by atoms with Crippen LogP contribution in [0, 0.1) is 0 Å². The first-order chi connectivity index (χ1) is 9.47. The van der Waals surface area contributed by atoms with Crippen molar-refractivity contribution < 1.29 is 13.2 Å². The Bertz CT molecular complexity index is 427. The van der Waals surface area contributed by atoms with Crippen LogP contribution in [0.2, 0.25) is 0 Å². The van der Waals surface area contributed by atoms with Gasteiger partial charge in [-0.25, -0.2) is 0 Å². The van der Waals surface area contributed by atoms with Crippen LogP contribution in [0.5, 0.6) is 0 Å². The Hall–Kier alpha value is -0.760. The highest BCUT2D eigenvalue weighted by molar-refractivity contribution is 7.99. The van der Waals surface area contributed by atoms with Gasteiger partial charge in [-0.1, -0.05) is 11.8 Å². The zero-order valence-electron chi connectivity index (χ0n) is 11.4. The molecular formula is C12H19F3N4S. The van der Waals surface area contributed by atoms with E-state index < -0.39 is 12.6 Å². The molecule has 0 spiro atoms. The Labute approximate surface area is 120 Å². The molecule has 2 heterocycles. The van der Waals surface area contributed by atoms with Gasteiger partial charge in [0.25, 0.3) is 0 Å². The van der Waals surface area contributed by atoms with E-state index in [1.54, 1.807) is 0 Å². The Morgan fingerprint density at radius 1 is 1.40 bits per heavy atom. The summed E-state index contributed by atoms with van der Waals surface area (Å²) in [5.74, 6) is 1.69. The molecule has 0 aliphatic carbocycles. The first kappa shape index (κ1) is 15.6. The SMILES string of the molecule is Cn1c(SCCCC(F)(F)F)nnc1[C@@H]1CCCNC1. The average molecular weight is 308 g/mol. The van der Waals surface area contributed by atoms with Gasteiger partial charge in [0, 0.05) is 31.7 Å². The van der Waals surface area contributed by atoms with Gasteiger partial charge in [0.15, 0.2) is 5.16 Å². The molecule has 0 bridgehead atoms. The quantitative estimate of drug-likeness (QED) is 0.671. The second kappa shape index (κ2) is 6.80. The van der Waals surface area contributed by atoms with Crippen molar-refractivity contribution in [3.63, 3.8) is 0 Å². The summed E-state index contributed by atoms with van der Waals surface area (Å²) in [4.78, 5) is 0. The van der Waals surface area contributed by atoms with Gasteiger partial charge in [0.05, 0.1) is 0 Å². The summed E-state index contributed by atoms with van der Waals surface area (Å²) in [6.45, 7) is 1.93. The Balaban J connectivity index is 1.85. The van der Waals surface area contributed by atoms with E-state index in [9.17, 15) is 13.2 Å². The molecule has 1 N–H and O–H groups in total. The van der Waals surface area contributed by atoms with Crippen LogP contribution in [-0.2, 0) is 7.05 Å². The van der Waals surface area contributed by atoms with E-state index in [1.165, 1.54) is 11.8 Å². The molecule has 0 amide bonds. The van der Waals surface area contributed by atoms with Gasteiger partial charge in [-0.05, 0) is 25.8 Å². The standard InChI is InChI=1S/C12H19F3N4S/c1-19-10(9-4-2-6-16-8-9)17-18-11(19)20-7-3-5-12(13,14)15/h9,16H,2-8H2,1H3/t9-/m1/s1. The molecule has 0 aromatic carbocycles. The third-order valence-corrected chi connectivity index (χ3v) is 4.47. The average Bonchev–Trinajstić information content (AvgIpc) is 2.76. The number of hydrogen-bond acceptors (Lipinski definition) is 4. The van der Waals surface area contributed by atoms with Crippen molar-refractivity contribution in [3.05, 3.63) is 5.82 Å². The lowest BCUT2D eigenvalue weighted by Gasteiger charge is -2.21. The van der Waals surface area contributed by atoms with Gasteiger partial charge in [0.2, 0.25) is 0 Å². The summed E-state index contributed by atoms with van der Waals surface area (Å²) >= 11 is 1.34. The van der Waals surface area contributed by atoms with Gasteiger partial charge < -0.3 is 9.88 Å². The summed E-state index contributed by atoms with van der Waals surface area (Å²) in [6.07, 6.45) is -2.50. The number of alkyl halides is 3. The van der Waals surface area contributed by atoms with Crippen molar-refractivity contribution in [2.45, 2.75) is 42.9 Å². The zero-order chi connectivity index (χ0) is 14.6. The molecular weight excluding hydrogens is 289 g/mol. The van der Waals surface area contributed by atoms with Crippen LogP contribution >= 0.6 is 11.8 Å². The molecule has 1 aliphatic rings. The lowest BCUT2D eigenvalue weighted by atomic mass is 9.99. The van der Waals surface area contributed by atoms with Crippen LogP contribution in [0.1, 0.15) is 37.4 Å². The lowest BCUT2D eigenvalue weighted by molar-refractivity contribution is -0.134. The van der Waals surface area contributed by atoms with E-state index in [0.717, 1.165) is 31.8 Å². The number of nitrogens with zero attached hydrogens (tertiary/aromatic N) is 3. The Morgan fingerprint density at radius 2 is 2.20 bits per heavy atom. The monoisotopic (exact) mass is 308 g/mol. The molecule has 1 aromatic rings. The van der Waals surface area contributed by atoms with E-state index in [2.05, 4.69) is 15.5 Å². The molecule has 4 nitrogen and oxygen atoms in total. The third-order valence-electron chi connectivity index (χ3n) is 3.37. The second-order valence-electron chi connectivity index (χ2n) is 5.01. The molecule has 114 valence electrons. The molecule has 2 rings (SSSR count). The predicted molar refractivity (Wildman–Crippen MR) is 71.9 cm³/mol. The highest BCUT2D eigenvalue weighted by Gasteiger charge is 2.26. The molecule has 0 radical (unpaired) electrons. The first-order valence-electron chi connectivity index (χ1n) is 6.77. The zero-order valence-corrected chi connectivity index (χ0v) is 12.2. The largest absolute Gasteiger partial charge is 0.389 e. The molecule has 8 heteroatoms. The summed E-state index contributed by atoms with van der Waals surface area (Å²) < 4.78 is 38.1. The van der Waals surface area contributed by atoms with Crippen LogP contribution in [-0.4, -0.2) is 39.8 Å². The predicted octanol–water partition coefficient (Wildman–Crippen LogP) is 2.72. The molecule has 1 atom stereocenters. The maximum absolute atomic E-state index is 12.1. The molecule has 1 saturated heterocycles. The molecule has 1 fully saturated rings. The molecule has 0 unspecified atom stereocenters. The van der Waals surface area contributed by atoms with Gasteiger partial charge in [0.1, 0.15) is 5.82 Å². The van der Waals surface area contributed by atoms with E-state index in [1.807, 2.05) is 11.6 Å². The maximum atomic E-state index is 12.1. The topological polar surface area (TPSA) is 42.7 Å². The summed E-state index contributed by atoms with van der Waals surface area (Å²) in [5, 5.41) is 12.3. The van der Waals surface area contributed by atoms with Crippen molar-refractivity contribution in [1.29, 1.82) is 0 Å². The van der Waals surface area contributed by atoms with Crippen molar-refractivity contribution in [3.8, 4) is 0 Å². The van der Waals surface area contributed by atoms with Gasteiger partial charge in [-0.15, -0.1) is 10.2 Å². The van der Waals surface area contributed by atoms with Crippen molar-refractivity contribution in [2.75, 3.05) is 18.8 Å². The molecule has 0 saturated carbocycles. The van der Waals surface area contributed by atoms with Crippen LogP contribution < -0.4 is 5.32 Å². The van der Waals surface area contributed by atoms with Crippen LogP contribution in [0.25, 0.3) is 0 Å². The third kappa shape index (κ3) is 4.37. The van der Waals surface area contributed by atoms with Crippen LogP contribution in [0.4, 0.5) is 13.2 Å². The van der Waals surface area contributed by atoms with E-state index in [-0.39, 0.29) is 6.42 Å². The number of thioether (sulfide) groups is 1. The van der Waals surface area contributed by atoms with Crippen LogP contribution in [0.15, 0.2) is 5.16 Å². The van der Waals surface area contributed by atoms with E-state index >= 15 is 0 Å². The maximum Gasteiger partial charge on any atom is 0.389 e. The summed E-state index contributed by atoms with van der Waals surface area (Å²) in [7, 11) is 1.88. The molecule has 20 heavy (non-hydrogen) atoms. The van der Waals surface area contributed by atoms with Gasteiger partial charge in [-0.2, -0.15) is 13.2 Å². The Morgan fingerprint density at radius 3 is 2.85 bits per heavy atom. The van der Waals surface area contributed by atoms with Gasteiger partial charge >= 0.3 is 6.18 Å². The number of piperidine rings is 1. The fourth-order valence-electron chi connectivity index (χ4n) is 2.32. The van der Waals surface area contributed by atoms with E-state index in [0.29, 0.717) is 16.8 Å². The van der Waals surface area contributed by atoms with Crippen molar-refractivity contribution in [1.82, 2.24) is 20.1 Å². The number of halogens is 3. The van der Waals surface area contributed by atoms with Crippen LogP contribution in [0.3, 0.4) is 0 Å². The molecule has 1 aromatic heterocycles. The smallest absolute Gasteiger partial charge is 0.316 e. The summed E-state index contributed by atoms with van der Waals surface area (Å²) in [6, 6.07) is 0. The highest BCUT2D eigenvalue weighted by Crippen LogP contribution is 2.27. The summed E-state index contributed by atoms with van der Waals surface area (Å²) in [5.41, 5.74) is 0. The van der Waals surface area contributed by atoms with Gasteiger partial charge in [-0.3, -0.25) is 0 Å². The lowest BCUT2D eigenvalue weighted by Crippen LogP contribution is -2.29. The second-order valence-corrected chi connectivity index (χ2v) is 6.07. The number of aromatic nitrogens is 3. The minimum absolute atomic E-state index is 0.112. The fourth-order valence-corrected chi connectivity index (χ4v) is 3.17. The fraction of sp³-hybridized carbons (Fsp3) is 0.833. The minimum Gasteiger partial charge on any atom is -0.316 e. The normalized spacial score (nSPS) is 20.3. The highest BCUT2D eigenvalue weighted by atomic mass is 32.2. The van der Waals surface area contributed by atoms with Crippen molar-refractivity contribution in [2.24, 2.45) is 7.05 Å². The number of rotatable bonds is 5. The van der Waals surface area contributed by atoms with E-state index in [4.69, 9.17) is 0 Å². The first-order valence-corrected chi connectivity index (χ1v) is 7.75. The number of hydrogen-bond donors (Lipinski definition) is 1. The number of nitrogens with one attached hydrogen (secondary N) is 1. The van der Waals surface area contributed by atoms with Crippen molar-refractivity contribution >= 4 is 11.8 Å².